The zero-order chi connectivity index (χ0) is 50.4. The number of fused-ring (bicyclic) bond motifs is 2. The maximum atomic E-state index is 13.4. The number of carbonyl (C=O) groups excluding carboxylic acids is 2. The van der Waals surface area contributed by atoms with Gasteiger partial charge in [-0.1, -0.05) is 58.0 Å². The van der Waals surface area contributed by atoms with E-state index < -0.39 is 45.0 Å². The second-order valence-corrected chi connectivity index (χ2v) is 22.2. The van der Waals surface area contributed by atoms with Crippen molar-refractivity contribution in [2.24, 2.45) is 16.8 Å². The summed E-state index contributed by atoms with van der Waals surface area (Å²) in [4.78, 5) is 28.7. The van der Waals surface area contributed by atoms with E-state index in [0.717, 1.165) is 29.3 Å². The van der Waals surface area contributed by atoms with Crippen molar-refractivity contribution in [2.75, 3.05) is 16.0 Å². The minimum absolute atomic E-state index is 0.114. The largest absolute Gasteiger partial charge is 0.456 e. The van der Waals surface area contributed by atoms with Gasteiger partial charge in [0.1, 0.15) is 26.0 Å². The molecule has 16 nitrogen and oxygen atoms in total. The SMILES string of the molecule is Cc1cc(C)c(NC(=O)CCC(C)C)c(C)c1N=c1cc2oc3cc(Nc4c(C)cc(C)c(NC(=O)CCC(C)C)c4C)c(S(=O)(=O)O)cc3c(-c3ccccc3S(=O)(=O)O)c-2cc1S(=O)(=O)O. The van der Waals surface area contributed by atoms with Crippen molar-refractivity contribution >= 4 is 81.6 Å². The van der Waals surface area contributed by atoms with Crippen LogP contribution in [0.4, 0.5) is 28.4 Å². The van der Waals surface area contributed by atoms with Crippen LogP contribution >= 0.6 is 0 Å². The molecule has 6 N–H and O–H groups in total. The third-order valence-electron chi connectivity index (χ3n) is 11.7. The van der Waals surface area contributed by atoms with Gasteiger partial charge in [-0.3, -0.25) is 23.2 Å². The van der Waals surface area contributed by atoms with Crippen LogP contribution in [0.15, 0.2) is 84.8 Å². The van der Waals surface area contributed by atoms with Gasteiger partial charge in [0.2, 0.25) is 11.8 Å². The molecular formula is C49H56N4O12S3. The maximum absolute atomic E-state index is 13.4. The van der Waals surface area contributed by atoms with Crippen LogP contribution in [0.5, 0.6) is 0 Å². The molecule has 362 valence electrons. The summed E-state index contributed by atoms with van der Waals surface area (Å²) >= 11 is 0. The van der Waals surface area contributed by atoms with Gasteiger partial charge in [-0.2, -0.15) is 25.3 Å². The van der Waals surface area contributed by atoms with E-state index >= 15 is 0 Å². The van der Waals surface area contributed by atoms with Gasteiger partial charge in [0.05, 0.1) is 16.7 Å². The predicted molar refractivity (Wildman–Crippen MR) is 263 cm³/mol. The molecule has 0 saturated carbocycles. The number of rotatable bonds is 15. The molecule has 0 radical (unpaired) electrons. The van der Waals surface area contributed by atoms with E-state index in [-0.39, 0.29) is 86.6 Å². The highest BCUT2D eigenvalue weighted by atomic mass is 32.2. The van der Waals surface area contributed by atoms with Crippen molar-refractivity contribution in [3.05, 3.63) is 99.4 Å². The Bertz CT molecular complexity index is 3410. The smallest absolute Gasteiger partial charge is 0.296 e. The molecule has 0 saturated heterocycles. The summed E-state index contributed by atoms with van der Waals surface area (Å²) in [6.07, 6.45) is 1.84. The molecule has 0 unspecified atom stereocenters. The molecule has 0 spiro atoms. The lowest BCUT2D eigenvalue weighted by Gasteiger charge is -2.22. The van der Waals surface area contributed by atoms with Crippen molar-refractivity contribution in [3.8, 4) is 22.5 Å². The van der Waals surface area contributed by atoms with E-state index in [1.807, 2.05) is 34.6 Å². The maximum Gasteiger partial charge on any atom is 0.296 e. The van der Waals surface area contributed by atoms with E-state index in [1.165, 1.54) is 30.3 Å². The van der Waals surface area contributed by atoms with Crippen LogP contribution in [0.2, 0.25) is 0 Å². The number of anilines is 4. The minimum atomic E-state index is -5.16. The third kappa shape index (κ3) is 11.1. The lowest BCUT2D eigenvalue weighted by molar-refractivity contribution is -0.117. The number of nitrogens with one attached hydrogen (secondary N) is 3. The van der Waals surface area contributed by atoms with Gasteiger partial charge in [-0.05, 0) is 118 Å². The highest BCUT2D eigenvalue weighted by molar-refractivity contribution is 7.86. The highest BCUT2D eigenvalue weighted by Gasteiger charge is 2.29. The molecule has 0 fully saturated rings. The van der Waals surface area contributed by atoms with Crippen LogP contribution in [-0.4, -0.2) is 50.7 Å². The number of hydrogen-bond donors (Lipinski definition) is 6. The summed E-state index contributed by atoms with van der Waals surface area (Å²) in [7, 11) is -15.3. The van der Waals surface area contributed by atoms with E-state index in [9.17, 15) is 48.5 Å². The van der Waals surface area contributed by atoms with Crippen molar-refractivity contribution < 1.29 is 52.9 Å². The van der Waals surface area contributed by atoms with Gasteiger partial charge in [-0.25, -0.2) is 4.99 Å². The molecule has 2 aliphatic rings. The van der Waals surface area contributed by atoms with Gasteiger partial charge >= 0.3 is 0 Å². The van der Waals surface area contributed by atoms with E-state index in [2.05, 4.69) is 16.0 Å². The first-order chi connectivity index (χ1) is 31.6. The highest BCUT2D eigenvalue weighted by Crippen LogP contribution is 2.46. The Balaban J connectivity index is 1.70. The normalized spacial score (nSPS) is 12.7. The van der Waals surface area contributed by atoms with Crippen LogP contribution in [0.3, 0.4) is 0 Å². The summed E-state index contributed by atoms with van der Waals surface area (Å²) in [5.74, 6) is -0.00371. The van der Waals surface area contributed by atoms with Crippen molar-refractivity contribution in [1.82, 2.24) is 0 Å². The molecule has 0 aromatic heterocycles. The number of carbonyl (C=O) groups is 2. The molecule has 2 amide bonds. The quantitative estimate of drug-likeness (QED) is 0.0414. The Morgan fingerprint density at radius 2 is 1.12 bits per heavy atom. The van der Waals surface area contributed by atoms with Crippen LogP contribution in [0.25, 0.3) is 33.4 Å². The summed E-state index contributed by atoms with van der Waals surface area (Å²) in [6.45, 7) is 18.6. The molecule has 4 aromatic carbocycles. The average Bonchev–Trinajstić information content (AvgIpc) is 3.22. The minimum Gasteiger partial charge on any atom is -0.456 e. The second-order valence-electron chi connectivity index (χ2n) is 18.0. The fourth-order valence-corrected chi connectivity index (χ4v) is 10.3. The lowest BCUT2D eigenvalue weighted by atomic mass is 9.93. The van der Waals surface area contributed by atoms with Gasteiger partial charge in [0.25, 0.3) is 30.4 Å². The molecular weight excluding hydrogens is 933 g/mol. The number of benzene rings is 5. The molecule has 1 heterocycles. The second kappa shape index (κ2) is 19.6. The van der Waals surface area contributed by atoms with Crippen LogP contribution in [0, 0.1) is 53.4 Å². The Labute approximate surface area is 396 Å². The fraction of sp³-hybridized carbons (Fsp3) is 0.327. The number of nitrogens with zero attached hydrogens (tertiary/aromatic N) is 1. The van der Waals surface area contributed by atoms with Gasteiger partial charge < -0.3 is 20.4 Å². The monoisotopic (exact) mass is 988 g/mol. The van der Waals surface area contributed by atoms with Crippen molar-refractivity contribution in [3.63, 3.8) is 0 Å². The number of hydrogen-bond acceptors (Lipinski definition) is 11. The molecule has 0 atom stereocenters. The van der Waals surface area contributed by atoms with Gasteiger partial charge in [-0.15, -0.1) is 0 Å². The summed E-state index contributed by atoms with van der Waals surface area (Å²) in [5, 5.41) is 8.57. The summed E-state index contributed by atoms with van der Waals surface area (Å²) in [5.41, 5.74) is 4.48. The molecule has 1 aliphatic heterocycles. The predicted octanol–water partition coefficient (Wildman–Crippen LogP) is 10.5. The first-order valence-electron chi connectivity index (χ1n) is 21.8. The molecule has 0 bridgehead atoms. The lowest BCUT2D eigenvalue weighted by Crippen LogP contribution is -2.17. The van der Waals surface area contributed by atoms with E-state index in [4.69, 9.17) is 9.41 Å². The Morgan fingerprint density at radius 1 is 0.603 bits per heavy atom. The zero-order valence-electron chi connectivity index (χ0n) is 39.4. The van der Waals surface area contributed by atoms with Crippen LogP contribution in [-0.2, 0) is 39.9 Å². The van der Waals surface area contributed by atoms with E-state index in [0.29, 0.717) is 52.2 Å². The topological polar surface area (TPSA) is 259 Å². The first kappa shape index (κ1) is 51.4. The molecule has 4 aromatic rings. The fourth-order valence-electron chi connectivity index (χ4n) is 8.33. The first-order valence-corrected chi connectivity index (χ1v) is 26.1. The van der Waals surface area contributed by atoms with Crippen LogP contribution in [0.1, 0.15) is 86.8 Å². The van der Waals surface area contributed by atoms with E-state index in [1.54, 1.807) is 46.8 Å². The average molecular weight is 989 g/mol. The Morgan fingerprint density at radius 3 is 1.66 bits per heavy atom. The van der Waals surface area contributed by atoms with Crippen LogP contribution < -0.4 is 21.3 Å². The molecule has 68 heavy (non-hydrogen) atoms. The number of amides is 2. The molecule has 19 heteroatoms. The summed E-state index contributed by atoms with van der Waals surface area (Å²) in [6, 6.07) is 13.2. The standard InChI is InChI=1S/C49H56N4O12S3/c1-25(2)15-17-43(54)52-48-29(7)19-27(5)46(31(48)9)50-36-23-38-34(21-41(36)67(59,60)61)45(33-13-11-12-14-40(33)66(56,57)58)35-22-42(68(62,63)64)37(24-39(35)65-38)51-47-28(6)20-30(8)49(32(47)10)53-44(55)18-16-26(3)4/h11-14,19-26,50H,15-18H2,1-10H3,(H,52,54)(H,53,55)(H,56,57,58)(H,59,60,61)(H,62,63,64). The molecule has 6 rings (SSSR count). The van der Waals surface area contributed by atoms with Crippen molar-refractivity contribution in [1.29, 1.82) is 0 Å². The zero-order valence-corrected chi connectivity index (χ0v) is 41.9. The van der Waals surface area contributed by atoms with Gasteiger partial charge in [0, 0.05) is 64.1 Å². The van der Waals surface area contributed by atoms with Gasteiger partial charge in [0.15, 0.2) is 0 Å². The Kier molecular flexibility index (Phi) is 14.8. The molecule has 1 aliphatic carbocycles. The summed E-state index contributed by atoms with van der Waals surface area (Å²) < 4.78 is 118. The van der Waals surface area contributed by atoms with Crippen molar-refractivity contribution in [2.45, 2.75) is 110 Å². The third-order valence-corrected chi connectivity index (χ3v) is 14.4. The Hall–Kier alpha value is -5.96. The number of aryl methyl sites for hydroxylation is 4.